The number of aromatic nitrogens is 3. The van der Waals surface area contributed by atoms with E-state index in [0.717, 1.165) is 16.6 Å². The lowest BCUT2D eigenvalue weighted by atomic mass is 10.0. The van der Waals surface area contributed by atoms with Crippen LogP contribution in [0.2, 0.25) is 5.02 Å². The van der Waals surface area contributed by atoms with E-state index in [-0.39, 0.29) is 36.2 Å². The maximum Gasteiger partial charge on any atom is 0.260 e. The van der Waals surface area contributed by atoms with E-state index in [1.165, 1.54) is 0 Å². The molecule has 2 fully saturated rings. The molecule has 0 radical (unpaired) electrons. The number of likely N-dealkylation sites (tertiary alicyclic amines) is 2. The van der Waals surface area contributed by atoms with Crippen molar-refractivity contribution >= 4 is 34.4 Å². The number of amides is 2. The van der Waals surface area contributed by atoms with E-state index in [0.29, 0.717) is 48.0 Å². The molecule has 1 aromatic heterocycles. The van der Waals surface area contributed by atoms with Crippen LogP contribution >= 0.6 is 11.6 Å². The number of carbonyl (C=O) groups excluding carboxylic acids is 2. The van der Waals surface area contributed by atoms with Crippen LogP contribution in [0.5, 0.6) is 5.75 Å². The Bertz CT molecular complexity index is 1240. The second-order valence-electron chi connectivity index (χ2n) is 9.66. The second kappa shape index (κ2) is 8.91. The SMILES string of the molecule is Cc1cc(OCC(=O)N2C[C@@H]3CN(C(=O)c4ccc5[nH]nnc5c4)C[C@H]3C2)c(C(C)C)cc1Cl. The van der Waals surface area contributed by atoms with Crippen molar-refractivity contribution in [3.05, 3.63) is 52.0 Å². The van der Waals surface area contributed by atoms with Crippen LogP contribution in [0.4, 0.5) is 0 Å². The van der Waals surface area contributed by atoms with Gasteiger partial charge in [-0.2, -0.15) is 0 Å². The van der Waals surface area contributed by atoms with Crippen molar-refractivity contribution in [1.82, 2.24) is 25.2 Å². The summed E-state index contributed by atoms with van der Waals surface area (Å²) in [5.41, 5.74) is 4.03. The molecule has 3 aromatic rings. The van der Waals surface area contributed by atoms with Crippen LogP contribution in [0.3, 0.4) is 0 Å². The van der Waals surface area contributed by atoms with E-state index >= 15 is 0 Å². The maximum atomic E-state index is 13.0. The van der Waals surface area contributed by atoms with Gasteiger partial charge in [-0.1, -0.05) is 30.7 Å². The van der Waals surface area contributed by atoms with Gasteiger partial charge in [-0.25, -0.2) is 0 Å². The predicted octanol–water partition coefficient (Wildman–Crippen LogP) is 3.65. The lowest BCUT2D eigenvalue weighted by Crippen LogP contribution is -2.37. The molecule has 9 heteroatoms. The summed E-state index contributed by atoms with van der Waals surface area (Å²) in [6.07, 6.45) is 0. The maximum absolute atomic E-state index is 13.0. The van der Waals surface area contributed by atoms with Crippen LogP contribution in [0.1, 0.15) is 41.3 Å². The molecule has 0 bridgehead atoms. The third-order valence-electron chi connectivity index (χ3n) is 6.96. The molecular formula is C25H28ClN5O3. The molecule has 2 atom stereocenters. The number of nitrogens with one attached hydrogen (secondary N) is 1. The van der Waals surface area contributed by atoms with Crippen LogP contribution in [-0.2, 0) is 4.79 Å². The molecule has 8 nitrogen and oxygen atoms in total. The van der Waals surface area contributed by atoms with E-state index in [9.17, 15) is 9.59 Å². The predicted molar refractivity (Wildman–Crippen MR) is 129 cm³/mol. The van der Waals surface area contributed by atoms with E-state index in [1.807, 2.05) is 34.9 Å². The molecule has 0 saturated carbocycles. The zero-order chi connectivity index (χ0) is 24.0. The van der Waals surface area contributed by atoms with Gasteiger partial charge in [0, 0.05) is 48.6 Å². The molecule has 2 aromatic carbocycles. The molecule has 1 N–H and O–H groups in total. The summed E-state index contributed by atoms with van der Waals surface area (Å²) in [4.78, 5) is 29.7. The summed E-state index contributed by atoms with van der Waals surface area (Å²) in [5, 5.41) is 11.3. The van der Waals surface area contributed by atoms with Crippen LogP contribution < -0.4 is 4.74 Å². The summed E-state index contributed by atoms with van der Waals surface area (Å²) in [6, 6.07) is 9.23. The van der Waals surface area contributed by atoms with Crippen LogP contribution in [-0.4, -0.2) is 69.8 Å². The van der Waals surface area contributed by atoms with Crippen LogP contribution in [0.25, 0.3) is 11.0 Å². The number of halogens is 1. The monoisotopic (exact) mass is 481 g/mol. The van der Waals surface area contributed by atoms with Gasteiger partial charge in [0.05, 0.1) is 5.52 Å². The molecule has 0 spiro atoms. The van der Waals surface area contributed by atoms with Crippen molar-refractivity contribution in [3.8, 4) is 5.75 Å². The number of carbonyl (C=O) groups is 2. The first-order valence-corrected chi connectivity index (χ1v) is 12.0. The van der Waals surface area contributed by atoms with Gasteiger partial charge >= 0.3 is 0 Å². The van der Waals surface area contributed by atoms with Gasteiger partial charge in [0.2, 0.25) is 0 Å². The Morgan fingerprint density at radius 2 is 1.82 bits per heavy atom. The third-order valence-corrected chi connectivity index (χ3v) is 7.37. The number of aryl methyl sites for hydroxylation is 1. The second-order valence-corrected chi connectivity index (χ2v) is 10.1. The van der Waals surface area contributed by atoms with E-state index in [1.54, 1.807) is 12.1 Å². The summed E-state index contributed by atoms with van der Waals surface area (Å²) in [6.45, 7) is 8.69. The highest BCUT2D eigenvalue weighted by Gasteiger charge is 2.43. The fourth-order valence-corrected chi connectivity index (χ4v) is 5.17. The number of H-pyrrole nitrogens is 1. The Labute approximate surface area is 203 Å². The minimum absolute atomic E-state index is 0.000155. The number of fused-ring (bicyclic) bond motifs is 2. The standard InChI is InChI=1S/C25H28ClN5O3/c1-14(2)19-8-20(26)15(3)6-23(19)34-13-24(32)30-9-17-11-31(12-18(17)10-30)25(33)16-4-5-21-22(7-16)28-29-27-21/h4-8,14,17-18H,9-13H2,1-3H3,(H,27,28,29)/t17-,18-/m1/s1. The topological polar surface area (TPSA) is 91.4 Å². The molecule has 0 aliphatic carbocycles. The summed E-state index contributed by atoms with van der Waals surface area (Å²) >= 11 is 6.28. The zero-order valence-corrected chi connectivity index (χ0v) is 20.3. The lowest BCUT2D eigenvalue weighted by Gasteiger charge is -2.22. The minimum atomic E-state index is -0.0222. The van der Waals surface area contributed by atoms with Gasteiger partial charge in [0.15, 0.2) is 6.61 Å². The highest BCUT2D eigenvalue weighted by Crippen LogP contribution is 2.34. The lowest BCUT2D eigenvalue weighted by molar-refractivity contribution is -0.132. The quantitative estimate of drug-likeness (QED) is 0.600. The number of rotatable bonds is 5. The Morgan fingerprint density at radius 3 is 2.53 bits per heavy atom. The van der Waals surface area contributed by atoms with Crippen molar-refractivity contribution in [2.24, 2.45) is 11.8 Å². The molecule has 178 valence electrons. The number of benzene rings is 2. The minimum Gasteiger partial charge on any atom is -0.483 e. The average molecular weight is 482 g/mol. The Kier molecular flexibility index (Phi) is 5.93. The van der Waals surface area contributed by atoms with Crippen molar-refractivity contribution in [2.75, 3.05) is 32.8 Å². The first kappa shape index (κ1) is 22.7. The fraction of sp³-hybridized carbons (Fsp3) is 0.440. The van der Waals surface area contributed by atoms with E-state index in [4.69, 9.17) is 16.3 Å². The molecule has 34 heavy (non-hydrogen) atoms. The van der Waals surface area contributed by atoms with Gasteiger partial charge in [-0.05, 0) is 54.3 Å². The molecule has 2 amide bonds. The first-order chi connectivity index (χ1) is 16.3. The van der Waals surface area contributed by atoms with E-state index in [2.05, 4.69) is 29.3 Å². The summed E-state index contributed by atoms with van der Waals surface area (Å²) < 4.78 is 5.95. The molecule has 2 saturated heterocycles. The van der Waals surface area contributed by atoms with Crippen molar-refractivity contribution in [3.63, 3.8) is 0 Å². The number of hydrogen-bond donors (Lipinski definition) is 1. The Hall–Kier alpha value is -3.13. The summed E-state index contributed by atoms with van der Waals surface area (Å²) in [5.74, 6) is 1.50. The first-order valence-electron chi connectivity index (χ1n) is 11.6. The van der Waals surface area contributed by atoms with Crippen molar-refractivity contribution < 1.29 is 14.3 Å². The smallest absolute Gasteiger partial charge is 0.260 e. The zero-order valence-electron chi connectivity index (χ0n) is 19.5. The van der Waals surface area contributed by atoms with Crippen LogP contribution in [0.15, 0.2) is 30.3 Å². The van der Waals surface area contributed by atoms with Gasteiger partial charge in [-0.3, -0.25) is 14.7 Å². The number of hydrogen-bond acceptors (Lipinski definition) is 5. The normalized spacial score (nSPS) is 19.8. The van der Waals surface area contributed by atoms with Gasteiger partial charge in [0.1, 0.15) is 11.3 Å². The highest BCUT2D eigenvalue weighted by atomic mass is 35.5. The Balaban J connectivity index is 1.18. The largest absolute Gasteiger partial charge is 0.483 e. The van der Waals surface area contributed by atoms with Gasteiger partial charge in [0.25, 0.3) is 11.8 Å². The Morgan fingerprint density at radius 1 is 1.12 bits per heavy atom. The molecule has 0 unspecified atom stereocenters. The fourth-order valence-electron chi connectivity index (χ4n) is 5.00. The molecule has 2 aliphatic heterocycles. The number of aromatic amines is 1. The number of nitrogens with zero attached hydrogens (tertiary/aromatic N) is 4. The number of ether oxygens (including phenoxy) is 1. The highest BCUT2D eigenvalue weighted by molar-refractivity contribution is 6.31. The average Bonchev–Trinajstić information content (AvgIpc) is 3.52. The molecule has 3 heterocycles. The third kappa shape index (κ3) is 4.22. The molecule has 2 aliphatic rings. The summed E-state index contributed by atoms with van der Waals surface area (Å²) in [7, 11) is 0. The molecule has 5 rings (SSSR count). The van der Waals surface area contributed by atoms with Gasteiger partial charge in [-0.15, -0.1) is 5.10 Å². The molecular weight excluding hydrogens is 454 g/mol. The van der Waals surface area contributed by atoms with Crippen molar-refractivity contribution in [1.29, 1.82) is 0 Å². The van der Waals surface area contributed by atoms with E-state index < -0.39 is 0 Å². The van der Waals surface area contributed by atoms with Crippen molar-refractivity contribution in [2.45, 2.75) is 26.7 Å². The van der Waals surface area contributed by atoms with Gasteiger partial charge < -0.3 is 14.5 Å². The van der Waals surface area contributed by atoms with Crippen LogP contribution in [0, 0.1) is 18.8 Å².